The Morgan fingerprint density at radius 2 is 2.14 bits per heavy atom. The van der Waals surface area contributed by atoms with Gasteiger partial charge in [0.15, 0.2) is 0 Å². The Kier molecular flexibility index (Phi) is 3.91. The molecule has 0 bridgehead atoms. The molecule has 0 heterocycles. The standard InChI is InChI=1S/C9H10BrNO3/c10-7-3-6(1-2-12)4-8(5-7)11-9(13)14/h3-5,11-12H,1-2H2,(H,13,14). The van der Waals surface area contributed by atoms with Crippen LogP contribution in [0.3, 0.4) is 0 Å². The van der Waals surface area contributed by atoms with Crippen molar-refractivity contribution in [1.29, 1.82) is 0 Å². The van der Waals surface area contributed by atoms with Gasteiger partial charge in [0, 0.05) is 16.8 Å². The second-order valence-electron chi connectivity index (χ2n) is 2.75. The first-order valence-corrected chi connectivity index (χ1v) is 4.81. The van der Waals surface area contributed by atoms with E-state index in [-0.39, 0.29) is 6.61 Å². The number of amides is 1. The number of anilines is 1. The summed E-state index contributed by atoms with van der Waals surface area (Å²) < 4.78 is 0.784. The quantitative estimate of drug-likeness (QED) is 0.779. The van der Waals surface area contributed by atoms with Crippen molar-refractivity contribution in [3.05, 3.63) is 28.2 Å². The van der Waals surface area contributed by atoms with Crippen molar-refractivity contribution in [1.82, 2.24) is 0 Å². The molecule has 0 fully saturated rings. The Bertz CT molecular complexity index is 341. The SMILES string of the molecule is O=C(O)Nc1cc(Br)cc(CCO)c1. The van der Waals surface area contributed by atoms with E-state index in [1.54, 1.807) is 12.1 Å². The maximum atomic E-state index is 10.4. The smallest absolute Gasteiger partial charge is 0.409 e. The molecule has 0 saturated heterocycles. The molecule has 0 unspecified atom stereocenters. The van der Waals surface area contributed by atoms with Crippen LogP contribution in [0.1, 0.15) is 5.56 Å². The van der Waals surface area contributed by atoms with Crippen LogP contribution in [-0.2, 0) is 6.42 Å². The van der Waals surface area contributed by atoms with E-state index >= 15 is 0 Å². The molecule has 1 amide bonds. The molecular weight excluding hydrogens is 250 g/mol. The van der Waals surface area contributed by atoms with E-state index in [1.807, 2.05) is 6.07 Å². The molecule has 0 aliphatic heterocycles. The summed E-state index contributed by atoms with van der Waals surface area (Å²) in [4.78, 5) is 10.4. The molecule has 0 aromatic heterocycles. The predicted octanol–water partition coefficient (Wildman–Crippen LogP) is 2.07. The van der Waals surface area contributed by atoms with Crippen molar-refractivity contribution in [2.75, 3.05) is 11.9 Å². The number of aliphatic hydroxyl groups is 1. The minimum Gasteiger partial charge on any atom is -0.465 e. The lowest BCUT2D eigenvalue weighted by atomic mass is 10.1. The zero-order chi connectivity index (χ0) is 10.6. The van der Waals surface area contributed by atoms with Crippen LogP contribution in [0.4, 0.5) is 10.5 Å². The first-order valence-electron chi connectivity index (χ1n) is 4.02. The Labute approximate surface area is 89.7 Å². The van der Waals surface area contributed by atoms with Crippen molar-refractivity contribution in [2.45, 2.75) is 6.42 Å². The minimum atomic E-state index is -1.10. The van der Waals surface area contributed by atoms with Crippen LogP contribution in [0.2, 0.25) is 0 Å². The third kappa shape index (κ3) is 3.35. The molecule has 4 nitrogen and oxygen atoms in total. The van der Waals surface area contributed by atoms with Crippen LogP contribution < -0.4 is 5.32 Å². The fourth-order valence-corrected chi connectivity index (χ4v) is 1.66. The lowest BCUT2D eigenvalue weighted by molar-refractivity contribution is 0.210. The summed E-state index contributed by atoms with van der Waals surface area (Å²) in [5.74, 6) is 0. The number of carbonyl (C=O) groups is 1. The minimum absolute atomic E-state index is 0.0446. The summed E-state index contributed by atoms with van der Waals surface area (Å²) in [7, 11) is 0. The van der Waals surface area contributed by atoms with Crippen molar-refractivity contribution in [2.24, 2.45) is 0 Å². The fourth-order valence-electron chi connectivity index (χ4n) is 1.12. The van der Waals surface area contributed by atoms with E-state index in [4.69, 9.17) is 10.2 Å². The van der Waals surface area contributed by atoms with Gasteiger partial charge in [-0.1, -0.05) is 15.9 Å². The van der Waals surface area contributed by atoms with Crippen molar-refractivity contribution in [3.8, 4) is 0 Å². The van der Waals surface area contributed by atoms with Gasteiger partial charge in [-0.3, -0.25) is 5.32 Å². The van der Waals surface area contributed by atoms with Crippen molar-refractivity contribution >= 4 is 27.7 Å². The van der Waals surface area contributed by atoms with Gasteiger partial charge in [-0.05, 0) is 30.2 Å². The van der Waals surface area contributed by atoms with Crippen LogP contribution in [0, 0.1) is 0 Å². The highest BCUT2D eigenvalue weighted by Gasteiger charge is 2.01. The van der Waals surface area contributed by atoms with Gasteiger partial charge in [-0.25, -0.2) is 4.79 Å². The fraction of sp³-hybridized carbons (Fsp3) is 0.222. The molecule has 1 rings (SSSR count). The summed E-state index contributed by atoms with van der Waals surface area (Å²) >= 11 is 3.26. The lowest BCUT2D eigenvalue weighted by Gasteiger charge is -2.05. The molecule has 3 N–H and O–H groups in total. The second kappa shape index (κ2) is 4.97. The highest BCUT2D eigenvalue weighted by molar-refractivity contribution is 9.10. The van der Waals surface area contributed by atoms with Crippen molar-refractivity contribution in [3.63, 3.8) is 0 Å². The van der Waals surface area contributed by atoms with E-state index in [2.05, 4.69) is 21.2 Å². The molecule has 0 spiro atoms. The van der Waals surface area contributed by atoms with Gasteiger partial charge >= 0.3 is 6.09 Å². The average Bonchev–Trinajstić information content (AvgIpc) is 2.01. The Morgan fingerprint density at radius 3 is 2.71 bits per heavy atom. The molecule has 14 heavy (non-hydrogen) atoms. The normalized spacial score (nSPS) is 9.86. The van der Waals surface area contributed by atoms with E-state index in [9.17, 15) is 4.79 Å². The third-order valence-corrected chi connectivity index (χ3v) is 2.07. The van der Waals surface area contributed by atoms with Crippen LogP contribution >= 0.6 is 15.9 Å². The molecule has 76 valence electrons. The molecular formula is C9H10BrNO3. The van der Waals surface area contributed by atoms with Crippen LogP contribution in [0.15, 0.2) is 22.7 Å². The number of nitrogens with one attached hydrogen (secondary N) is 1. The lowest BCUT2D eigenvalue weighted by Crippen LogP contribution is -2.07. The van der Waals surface area contributed by atoms with Gasteiger partial charge in [0.25, 0.3) is 0 Å². The number of hydrogen-bond acceptors (Lipinski definition) is 2. The maximum absolute atomic E-state index is 10.4. The van der Waals surface area contributed by atoms with Crippen LogP contribution in [0.25, 0.3) is 0 Å². The maximum Gasteiger partial charge on any atom is 0.409 e. The van der Waals surface area contributed by atoms with Crippen LogP contribution in [-0.4, -0.2) is 22.9 Å². The van der Waals surface area contributed by atoms with Gasteiger partial charge < -0.3 is 10.2 Å². The third-order valence-electron chi connectivity index (χ3n) is 1.61. The van der Waals surface area contributed by atoms with Gasteiger partial charge in [0.1, 0.15) is 0 Å². The van der Waals surface area contributed by atoms with Gasteiger partial charge in [0.05, 0.1) is 0 Å². The molecule has 5 heteroatoms. The first kappa shape index (κ1) is 11.0. The highest BCUT2D eigenvalue weighted by atomic mass is 79.9. The monoisotopic (exact) mass is 259 g/mol. The predicted molar refractivity (Wildman–Crippen MR) is 56.6 cm³/mol. The summed E-state index contributed by atoms with van der Waals surface area (Å²) in [5.41, 5.74) is 1.38. The van der Waals surface area contributed by atoms with Crippen molar-refractivity contribution < 1.29 is 15.0 Å². The number of benzene rings is 1. The van der Waals surface area contributed by atoms with E-state index in [1.165, 1.54) is 0 Å². The summed E-state index contributed by atoms with van der Waals surface area (Å²) in [6.07, 6.45) is -0.591. The van der Waals surface area contributed by atoms with E-state index < -0.39 is 6.09 Å². The summed E-state index contributed by atoms with van der Waals surface area (Å²) in [6.45, 7) is 0.0446. The van der Waals surface area contributed by atoms with Gasteiger partial charge in [0.2, 0.25) is 0 Å². The molecule has 0 radical (unpaired) electrons. The topological polar surface area (TPSA) is 69.6 Å². The number of carboxylic acid groups (broad SMARTS) is 1. The summed E-state index contributed by atoms with van der Waals surface area (Å²) in [6, 6.07) is 5.19. The molecule has 1 aromatic carbocycles. The second-order valence-corrected chi connectivity index (χ2v) is 3.67. The number of hydrogen-bond donors (Lipinski definition) is 3. The molecule has 0 atom stereocenters. The number of aliphatic hydroxyl groups excluding tert-OH is 1. The van der Waals surface area contributed by atoms with E-state index in [0.717, 1.165) is 10.0 Å². The highest BCUT2D eigenvalue weighted by Crippen LogP contribution is 2.19. The Hall–Kier alpha value is -1.07. The molecule has 1 aromatic rings. The molecule has 0 aliphatic rings. The van der Waals surface area contributed by atoms with Gasteiger partial charge in [-0.2, -0.15) is 0 Å². The Balaban J connectivity index is 2.88. The molecule has 0 aliphatic carbocycles. The summed E-state index contributed by atoms with van der Waals surface area (Å²) in [5, 5.41) is 19.5. The molecule has 0 saturated carbocycles. The van der Waals surface area contributed by atoms with Crippen LogP contribution in [0.5, 0.6) is 0 Å². The van der Waals surface area contributed by atoms with E-state index in [0.29, 0.717) is 12.1 Å². The number of halogens is 1. The first-order chi connectivity index (χ1) is 6.61. The Morgan fingerprint density at radius 1 is 1.43 bits per heavy atom. The average molecular weight is 260 g/mol. The number of rotatable bonds is 3. The van der Waals surface area contributed by atoms with Gasteiger partial charge in [-0.15, -0.1) is 0 Å². The largest absolute Gasteiger partial charge is 0.465 e. The zero-order valence-corrected chi connectivity index (χ0v) is 8.91. The zero-order valence-electron chi connectivity index (χ0n) is 7.33.